The minimum atomic E-state index is -1.22. The fraction of sp³-hybridized carbons (Fsp3) is 0.440. The van der Waals surface area contributed by atoms with Crippen molar-refractivity contribution in [3.05, 3.63) is 48.0 Å². The van der Waals surface area contributed by atoms with Crippen LogP contribution in [0.2, 0.25) is 0 Å². The Morgan fingerprint density at radius 2 is 1.72 bits per heavy atom. The number of benzene rings is 2. The summed E-state index contributed by atoms with van der Waals surface area (Å²) in [5.74, 6) is -2.35. The number of amides is 4. The predicted molar refractivity (Wildman–Crippen MR) is 133 cm³/mol. The predicted octanol–water partition coefficient (Wildman–Crippen LogP) is -0.720. The van der Waals surface area contributed by atoms with E-state index in [0.29, 0.717) is 26.3 Å². The van der Waals surface area contributed by atoms with Gasteiger partial charge in [0.15, 0.2) is 0 Å². The van der Waals surface area contributed by atoms with Crippen LogP contribution >= 0.6 is 0 Å². The molecule has 36 heavy (non-hydrogen) atoms. The molecule has 4 amide bonds. The van der Waals surface area contributed by atoms with Crippen molar-refractivity contribution in [2.24, 2.45) is 5.73 Å². The van der Waals surface area contributed by atoms with Gasteiger partial charge in [-0.2, -0.15) is 0 Å². The molecule has 1 heterocycles. The number of nitrogens with zero attached hydrogens (tertiary/aromatic N) is 1. The molecule has 5 N–H and O–H groups in total. The molecular weight excluding hydrogens is 466 g/mol. The van der Waals surface area contributed by atoms with Crippen molar-refractivity contribution >= 4 is 34.4 Å². The van der Waals surface area contributed by atoms with Crippen LogP contribution in [0.3, 0.4) is 0 Å². The Bertz CT molecular complexity index is 1070. The molecule has 2 atom stereocenters. The molecule has 0 radical (unpaired) electrons. The Morgan fingerprint density at radius 1 is 1.00 bits per heavy atom. The summed E-state index contributed by atoms with van der Waals surface area (Å²) >= 11 is 0. The quantitative estimate of drug-likeness (QED) is 0.301. The number of primary amides is 1. The van der Waals surface area contributed by atoms with Crippen LogP contribution in [0.4, 0.5) is 0 Å². The summed E-state index contributed by atoms with van der Waals surface area (Å²) in [7, 11) is 1.40. The largest absolute Gasteiger partial charge is 0.382 e. The first-order valence-electron chi connectivity index (χ1n) is 11.8. The van der Waals surface area contributed by atoms with E-state index in [9.17, 15) is 19.2 Å². The number of fused-ring (bicyclic) bond motifs is 1. The lowest BCUT2D eigenvalue weighted by molar-refractivity contribution is -0.134. The molecule has 2 aromatic carbocycles. The first kappa shape index (κ1) is 27.1. The molecule has 194 valence electrons. The zero-order valence-electron chi connectivity index (χ0n) is 20.3. The van der Waals surface area contributed by atoms with Crippen molar-refractivity contribution in [3.63, 3.8) is 0 Å². The highest BCUT2D eigenvalue weighted by atomic mass is 16.5. The van der Waals surface area contributed by atoms with E-state index in [-0.39, 0.29) is 19.7 Å². The van der Waals surface area contributed by atoms with Crippen LogP contribution in [0, 0.1) is 0 Å². The Morgan fingerprint density at radius 3 is 2.44 bits per heavy atom. The van der Waals surface area contributed by atoms with Crippen LogP contribution < -0.4 is 21.7 Å². The molecule has 0 aromatic heterocycles. The maximum Gasteiger partial charge on any atom is 0.245 e. The van der Waals surface area contributed by atoms with E-state index in [4.69, 9.17) is 15.2 Å². The average Bonchev–Trinajstić information content (AvgIpc) is 2.86. The Labute approximate surface area is 209 Å². The van der Waals surface area contributed by atoms with Gasteiger partial charge in [-0.3, -0.25) is 24.1 Å². The Balaban J connectivity index is 1.61. The molecule has 1 fully saturated rings. The molecular formula is C25H33N5O6. The van der Waals surface area contributed by atoms with Gasteiger partial charge in [-0.25, -0.2) is 0 Å². The average molecular weight is 500 g/mol. The summed E-state index contributed by atoms with van der Waals surface area (Å²) in [6.45, 7) is 2.42. The number of methoxy groups -OCH3 is 1. The van der Waals surface area contributed by atoms with Crippen molar-refractivity contribution in [2.45, 2.75) is 25.0 Å². The third-order valence-corrected chi connectivity index (χ3v) is 5.83. The minimum absolute atomic E-state index is 0.0545. The van der Waals surface area contributed by atoms with Crippen molar-refractivity contribution in [2.75, 3.05) is 46.6 Å². The molecule has 0 spiro atoms. The van der Waals surface area contributed by atoms with Crippen molar-refractivity contribution < 1.29 is 28.7 Å². The molecule has 2 aromatic rings. The van der Waals surface area contributed by atoms with Gasteiger partial charge in [0.2, 0.25) is 23.6 Å². The lowest BCUT2D eigenvalue weighted by Crippen LogP contribution is -2.57. The van der Waals surface area contributed by atoms with Crippen LogP contribution in [-0.4, -0.2) is 87.2 Å². The van der Waals surface area contributed by atoms with E-state index in [1.54, 1.807) is 0 Å². The lowest BCUT2D eigenvalue weighted by Gasteiger charge is -2.27. The number of ether oxygens (including phenoxy) is 2. The van der Waals surface area contributed by atoms with E-state index in [0.717, 1.165) is 16.3 Å². The zero-order chi connectivity index (χ0) is 25.9. The zero-order valence-corrected chi connectivity index (χ0v) is 20.3. The van der Waals surface area contributed by atoms with Crippen molar-refractivity contribution in [1.29, 1.82) is 0 Å². The number of carbonyl (C=O) groups excluding carboxylic acids is 4. The Hall–Kier alpha value is -3.54. The molecule has 11 heteroatoms. The summed E-state index contributed by atoms with van der Waals surface area (Å²) in [6, 6.07) is 11.4. The standard InChI is InChI=1S/C25H33N5O6/c1-35-16-21(24(33)27-14-18-7-4-6-17-5-2-3-8-19(17)18)29-25(34)20(13-22(26)31)28-23(32)15-30-9-11-36-12-10-30/h2-8,20-21H,9-16H2,1H3,(H2,26,31)(H,27,33)(H,28,32)(H,29,34)/t20-,21-/m0/s1. The normalized spacial score (nSPS) is 15.6. The van der Waals surface area contributed by atoms with Gasteiger partial charge in [-0.1, -0.05) is 42.5 Å². The van der Waals surface area contributed by atoms with E-state index < -0.39 is 42.1 Å². The second kappa shape index (κ2) is 13.5. The van der Waals surface area contributed by atoms with Gasteiger partial charge in [-0.15, -0.1) is 0 Å². The van der Waals surface area contributed by atoms with Crippen LogP contribution in [0.5, 0.6) is 0 Å². The molecule has 11 nitrogen and oxygen atoms in total. The van der Waals surface area contributed by atoms with Gasteiger partial charge in [0.05, 0.1) is 32.8 Å². The number of morpholine rings is 1. The van der Waals surface area contributed by atoms with Crippen molar-refractivity contribution in [3.8, 4) is 0 Å². The highest BCUT2D eigenvalue weighted by Crippen LogP contribution is 2.18. The number of carbonyl (C=O) groups is 4. The van der Waals surface area contributed by atoms with E-state index in [2.05, 4.69) is 16.0 Å². The summed E-state index contributed by atoms with van der Waals surface area (Å²) in [5.41, 5.74) is 6.22. The highest BCUT2D eigenvalue weighted by Gasteiger charge is 2.28. The van der Waals surface area contributed by atoms with E-state index in [1.165, 1.54) is 7.11 Å². The van der Waals surface area contributed by atoms with Gasteiger partial charge < -0.3 is 31.2 Å². The fourth-order valence-corrected chi connectivity index (χ4v) is 3.99. The first-order valence-corrected chi connectivity index (χ1v) is 11.8. The monoisotopic (exact) mass is 499 g/mol. The molecule has 0 bridgehead atoms. The van der Waals surface area contributed by atoms with Crippen molar-refractivity contribution in [1.82, 2.24) is 20.9 Å². The first-order chi connectivity index (χ1) is 17.4. The van der Waals surface area contributed by atoms with Gasteiger partial charge in [0.25, 0.3) is 0 Å². The SMILES string of the molecule is COC[C@H](NC(=O)[C@H](CC(N)=O)NC(=O)CN1CCOCC1)C(=O)NCc1cccc2ccccc12. The summed E-state index contributed by atoms with van der Waals surface area (Å²) in [5, 5.41) is 10.0. The topological polar surface area (TPSA) is 152 Å². The van der Waals surface area contributed by atoms with Gasteiger partial charge in [-0.05, 0) is 16.3 Å². The number of nitrogens with one attached hydrogen (secondary N) is 3. The molecule has 3 rings (SSSR count). The molecule has 1 aliphatic heterocycles. The van der Waals surface area contributed by atoms with Crippen LogP contribution in [-0.2, 0) is 35.2 Å². The summed E-state index contributed by atoms with van der Waals surface area (Å²) in [6.07, 6.45) is -0.405. The number of nitrogens with two attached hydrogens (primary N) is 1. The Kier molecular flexibility index (Phi) is 10.2. The van der Waals surface area contributed by atoms with Crippen LogP contribution in [0.25, 0.3) is 10.8 Å². The van der Waals surface area contributed by atoms with E-state index >= 15 is 0 Å². The number of rotatable bonds is 12. The third kappa shape index (κ3) is 8.01. The second-order valence-electron chi connectivity index (χ2n) is 8.55. The summed E-state index contributed by atoms with van der Waals surface area (Å²) < 4.78 is 10.4. The van der Waals surface area contributed by atoms with Gasteiger partial charge in [0.1, 0.15) is 12.1 Å². The lowest BCUT2D eigenvalue weighted by atomic mass is 10.0. The fourth-order valence-electron chi connectivity index (χ4n) is 3.99. The maximum absolute atomic E-state index is 12.9. The smallest absolute Gasteiger partial charge is 0.245 e. The molecule has 0 unspecified atom stereocenters. The van der Waals surface area contributed by atoms with Gasteiger partial charge >= 0.3 is 0 Å². The maximum atomic E-state index is 12.9. The second-order valence-corrected chi connectivity index (χ2v) is 8.55. The minimum Gasteiger partial charge on any atom is -0.382 e. The molecule has 0 saturated carbocycles. The molecule has 0 aliphatic carbocycles. The van der Waals surface area contributed by atoms with Crippen LogP contribution in [0.1, 0.15) is 12.0 Å². The van der Waals surface area contributed by atoms with E-state index in [1.807, 2.05) is 47.4 Å². The highest BCUT2D eigenvalue weighted by molar-refractivity contribution is 5.95. The molecule has 1 aliphatic rings. The number of hydrogen-bond acceptors (Lipinski definition) is 7. The van der Waals surface area contributed by atoms with Crippen LogP contribution in [0.15, 0.2) is 42.5 Å². The third-order valence-electron chi connectivity index (χ3n) is 5.83. The van der Waals surface area contributed by atoms with Gasteiger partial charge in [0, 0.05) is 26.7 Å². The number of hydrogen-bond donors (Lipinski definition) is 4. The summed E-state index contributed by atoms with van der Waals surface area (Å²) in [4.78, 5) is 51.8. The molecule has 1 saturated heterocycles.